The number of carbonyl (C=O) groups excluding carboxylic acids is 1. The summed E-state index contributed by atoms with van der Waals surface area (Å²) in [6.45, 7) is 0.206. The number of aromatic amines is 1. The van der Waals surface area contributed by atoms with E-state index in [0.717, 1.165) is 4.47 Å². The molecule has 0 aliphatic rings. The van der Waals surface area contributed by atoms with Crippen molar-refractivity contribution in [2.75, 3.05) is 5.32 Å². The Morgan fingerprint density at radius 1 is 1.20 bits per heavy atom. The second-order valence-corrected chi connectivity index (χ2v) is 5.02. The minimum Gasteiger partial charge on any atom is -0.326 e. The first-order valence-electron chi connectivity index (χ1n) is 5.90. The number of H-pyrrole nitrogens is 1. The molecule has 1 aromatic carbocycles. The van der Waals surface area contributed by atoms with Gasteiger partial charge in [0.05, 0.1) is 0 Å². The number of halogens is 1. The second kappa shape index (κ2) is 6.33. The third kappa shape index (κ3) is 3.92. The van der Waals surface area contributed by atoms with Crippen molar-refractivity contribution in [3.63, 3.8) is 0 Å². The molecular formula is C13H12BrN3O3. The summed E-state index contributed by atoms with van der Waals surface area (Å²) in [5.41, 5.74) is -0.286. The van der Waals surface area contributed by atoms with Crippen LogP contribution in [0.4, 0.5) is 5.69 Å². The highest BCUT2D eigenvalue weighted by atomic mass is 79.9. The molecule has 0 aliphatic heterocycles. The lowest BCUT2D eigenvalue weighted by Gasteiger charge is -2.06. The molecule has 0 atom stereocenters. The number of rotatable bonds is 4. The molecule has 1 heterocycles. The highest BCUT2D eigenvalue weighted by Crippen LogP contribution is 2.14. The van der Waals surface area contributed by atoms with E-state index in [4.69, 9.17) is 0 Å². The minimum atomic E-state index is -0.519. The lowest BCUT2D eigenvalue weighted by Crippen LogP contribution is -2.29. The van der Waals surface area contributed by atoms with Gasteiger partial charge in [-0.2, -0.15) is 0 Å². The zero-order chi connectivity index (χ0) is 14.5. The Labute approximate surface area is 122 Å². The molecule has 0 saturated heterocycles. The molecule has 0 spiro atoms. The fourth-order valence-electron chi connectivity index (χ4n) is 1.60. The van der Waals surface area contributed by atoms with E-state index in [1.807, 2.05) is 12.1 Å². The quantitative estimate of drug-likeness (QED) is 0.882. The highest BCUT2D eigenvalue weighted by molar-refractivity contribution is 9.10. The van der Waals surface area contributed by atoms with Crippen LogP contribution in [0.1, 0.15) is 6.42 Å². The van der Waals surface area contributed by atoms with Crippen LogP contribution in [0.3, 0.4) is 0 Å². The predicted octanol–water partition coefficient (Wildman–Crippen LogP) is 1.33. The van der Waals surface area contributed by atoms with Gasteiger partial charge in [-0.25, -0.2) is 4.79 Å². The molecule has 6 nitrogen and oxygen atoms in total. The number of hydrogen-bond donors (Lipinski definition) is 2. The van der Waals surface area contributed by atoms with Crippen molar-refractivity contribution in [2.45, 2.75) is 13.0 Å². The van der Waals surface area contributed by atoms with Gasteiger partial charge in [-0.15, -0.1) is 0 Å². The number of anilines is 1. The van der Waals surface area contributed by atoms with Crippen LogP contribution < -0.4 is 16.6 Å². The van der Waals surface area contributed by atoms with Crippen LogP contribution in [0.25, 0.3) is 0 Å². The number of amides is 1. The van der Waals surface area contributed by atoms with E-state index in [2.05, 4.69) is 26.2 Å². The standard InChI is InChI=1S/C13H12BrN3O3/c14-9-1-3-10(4-2-9)15-11(18)5-7-17-8-6-12(19)16-13(17)20/h1-4,6,8H,5,7H2,(H,15,18)(H,16,19,20). The van der Waals surface area contributed by atoms with Crippen molar-refractivity contribution in [3.05, 3.63) is 61.8 Å². The summed E-state index contributed by atoms with van der Waals surface area (Å²) in [4.78, 5) is 36.2. The Bertz CT molecular complexity index is 719. The van der Waals surface area contributed by atoms with Gasteiger partial charge >= 0.3 is 5.69 Å². The van der Waals surface area contributed by atoms with Gasteiger partial charge in [-0.3, -0.25) is 14.6 Å². The normalized spacial score (nSPS) is 10.2. The molecule has 0 radical (unpaired) electrons. The van der Waals surface area contributed by atoms with Crippen molar-refractivity contribution in [2.24, 2.45) is 0 Å². The first kappa shape index (κ1) is 14.3. The van der Waals surface area contributed by atoms with E-state index in [-0.39, 0.29) is 18.9 Å². The monoisotopic (exact) mass is 337 g/mol. The van der Waals surface area contributed by atoms with Gasteiger partial charge in [0.1, 0.15) is 0 Å². The Balaban J connectivity index is 1.93. The molecule has 0 bridgehead atoms. The molecule has 7 heteroatoms. The summed E-state index contributed by atoms with van der Waals surface area (Å²) in [6, 6.07) is 8.43. The average molecular weight is 338 g/mol. The van der Waals surface area contributed by atoms with Gasteiger partial charge in [0, 0.05) is 35.4 Å². The number of aromatic nitrogens is 2. The molecule has 0 fully saturated rings. The summed E-state index contributed by atoms with van der Waals surface area (Å²) in [5, 5.41) is 2.72. The van der Waals surface area contributed by atoms with Gasteiger partial charge < -0.3 is 9.88 Å². The number of aryl methyl sites for hydroxylation is 1. The van der Waals surface area contributed by atoms with E-state index in [1.54, 1.807) is 12.1 Å². The SMILES string of the molecule is O=C(CCn1ccc(=O)[nH]c1=O)Nc1ccc(Br)cc1. The maximum absolute atomic E-state index is 11.7. The smallest absolute Gasteiger partial charge is 0.326 e. The third-order valence-electron chi connectivity index (χ3n) is 2.60. The van der Waals surface area contributed by atoms with Crippen molar-refractivity contribution >= 4 is 27.5 Å². The van der Waals surface area contributed by atoms with E-state index < -0.39 is 11.2 Å². The number of carbonyl (C=O) groups is 1. The topological polar surface area (TPSA) is 84.0 Å². The second-order valence-electron chi connectivity index (χ2n) is 4.11. The molecule has 0 saturated carbocycles. The van der Waals surface area contributed by atoms with Crippen LogP contribution in [0.2, 0.25) is 0 Å². The summed E-state index contributed by atoms with van der Waals surface area (Å²) in [6.07, 6.45) is 1.51. The van der Waals surface area contributed by atoms with E-state index >= 15 is 0 Å². The van der Waals surface area contributed by atoms with Crippen molar-refractivity contribution < 1.29 is 4.79 Å². The number of nitrogens with zero attached hydrogens (tertiary/aromatic N) is 1. The molecule has 2 rings (SSSR count). The zero-order valence-electron chi connectivity index (χ0n) is 10.4. The molecule has 104 valence electrons. The Morgan fingerprint density at radius 3 is 2.55 bits per heavy atom. The van der Waals surface area contributed by atoms with E-state index in [9.17, 15) is 14.4 Å². The lowest BCUT2D eigenvalue weighted by atomic mass is 10.3. The van der Waals surface area contributed by atoms with Crippen LogP contribution in [-0.4, -0.2) is 15.5 Å². The summed E-state index contributed by atoms with van der Waals surface area (Å²) >= 11 is 3.31. The Kier molecular flexibility index (Phi) is 4.52. The van der Waals surface area contributed by atoms with Gasteiger partial charge in [-0.1, -0.05) is 15.9 Å². The van der Waals surface area contributed by atoms with Gasteiger partial charge in [0.2, 0.25) is 5.91 Å². The lowest BCUT2D eigenvalue weighted by molar-refractivity contribution is -0.116. The van der Waals surface area contributed by atoms with Crippen LogP contribution in [0.5, 0.6) is 0 Å². The maximum atomic E-state index is 11.7. The van der Waals surface area contributed by atoms with E-state index in [1.165, 1.54) is 16.8 Å². The number of nitrogens with one attached hydrogen (secondary N) is 2. The summed E-state index contributed by atoms with van der Waals surface area (Å²) in [5.74, 6) is -0.203. The van der Waals surface area contributed by atoms with Gasteiger partial charge in [0.25, 0.3) is 5.56 Å². The zero-order valence-corrected chi connectivity index (χ0v) is 12.0. The molecule has 0 aliphatic carbocycles. The van der Waals surface area contributed by atoms with Crippen LogP contribution in [0, 0.1) is 0 Å². The number of benzene rings is 1. The molecule has 2 aromatic rings. The van der Waals surface area contributed by atoms with Crippen molar-refractivity contribution in [3.8, 4) is 0 Å². The fourth-order valence-corrected chi connectivity index (χ4v) is 1.86. The third-order valence-corrected chi connectivity index (χ3v) is 3.13. The predicted molar refractivity (Wildman–Crippen MR) is 78.7 cm³/mol. The summed E-state index contributed by atoms with van der Waals surface area (Å²) in [7, 11) is 0. The van der Waals surface area contributed by atoms with E-state index in [0.29, 0.717) is 5.69 Å². The van der Waals surface area contributed by atoms with Crippen molar-refractivity contribution in [1.82, 2.24) is 9.55 Å². The average Bonchev–Trinajstić information content (AvgIpc) is 2.40. The van der Waals surface area contributed by atoms with Gasteiger partial charge in [-0.05, 0) is 24.3 Å². The highest BCUT2D eigenvalue weighted by Gasteiger charge is 2.04. The van der Waals surface area contributed by atoms with Crippen LogP contribution in [-0.2, 0) is 11.3 Å². The Morgan fingerprint density at radius 2 is 1.90 bits per heavy atom. The van der Waals surface area contributed by atoms with Crippen LogP contribution in [0.15, 0.2) is 50.6 Å². The maximum Gasteiger partial charge on any atom is 0.328 e. The minimum absolute atomic E-state index is 0.141. The molecule has 0 unspecified atom stereocenters. The largest absolute Gasteiger partial charge is 0.328 e. The number of hydrogen-bond acceptors (Lipinski definition) is 3. The van der Waals surface area contributed by atoms with Crippen LogP contribution >= 0.6 is 15.9 Å². The summed E-state index contributed by atoms with van der Waals surface area (Å²) < 4.78 is 2.21. The first-order chi connectivity index (χ1) is 9.54. The molecule has 20 heavy (non-hydrogen) atoms. The first-order valence-corrected chi connectivity index (χ1v) is 6.69. The van der Waals surface area contributed by atoms with Gasteiger partial charge in [0.15, 0.2) is 0 Å². The molecule has 1 aromatic heterocycles. The molecular weight excluding hydrogens is 326 g/mol. The Hall–Kier alpha value is -2.15. The fraction of sp³-hybridized carbons (Fsp3) is 0.154. The molecule has 1 amide bonds. The van der Waals surface area contributed by atoms with Crippen molar-refractivity contribution in [1.29, 1.82) is 0 Å². The molecule has 2 N–H and O–H groups in total.